The molecule has 0 fully saturated rings. The highest BCUT2D eigenvalue weighted by molar-refractivity contribution is 7.99. The summed E-state index contributed by atoms with van der Waals surface area (Å²) >= 11 is 3.44. The second kappa shape index (κ2) is 7.41. The van der Waals surface area contributed by atoms with E-state index in [-0.39, 0.29) is 11.9 Å². The molecule has 3 heterocycles. The standard InChI is InChI=1S/C18H17N3O2S2/c22-16(19-14-8-10-25-15-4-2-1-3-13(14)15)5-6-17-20-18(21-23-17)12-7-9-24-11-12/h1-4,7,9,11,14H,5-6,8,10H2,(H,19,22). The third-order valence-electron chi connectivity index (χ3n) is 4.11. The summed E-state index contributed by atoms with van der Waals surface area (Å²) in [6.07, 6.45) is 1.75. The van der Waals surface area contributed by atoms with Crippen LogP contribution in [0.5, 0.6) is 0 Å². The van der Waals surface area contributed by atoms with Gasteiger partial charge in [-0.1, -0.05) is 23.4 Å². The van der Waals surface area contributed by atoms with E-state index in [0.29, 0.717) is 24.6 Å². The molecule has 0 saturated heterocycles. The number of thioether (sulfide) groups is 1. The van der Waals surface area contributed by atoms with Gasteiger partial charge in [0, 0.05) is 34.4 Å². The molecule has 0 saturated carbocycles. The lowest BCUT2D eigenvalue weighted by molar-refractivity contribution is -0.121. The Morgan fingerprint density at radius 1 is 1.32 bits per heavy atom. The topological polar surface area (TPSA) is 68.0 Å². The van der Waals surface area contributed by atoms with Gasteiger partial charge in [-0.15, -0.1) is 11.8 Å². The summed E-state index contributed by atoms with van der Waals surface area (Å²) in [6.45, 7) is 0. The third-order valence-corrected chi connectivity index (χ3v) is 5.91. The zero-order valence-electron chi connectivity index (χ0n) is 13.5. The molecule has 1 unspecified atom stereocenters. The van der Waals surface area contributed by atoms with E-state index in [1.54, 1.807) is 11.3 Å². The van der Waals surface area contributed by atoms with Crippen molar-refractivity contribution in [2.45, 2.75) is 30.2 Å². The van der Waals surface area contributed by atoms with Gasteiger partial charge in [-0.25, -0.2) is 0 Å². The number of hydrogen-bond acceptors (Lipinski definition) is 6. The number of carbonyl (C=O) groups is 1. The first kappa shape index (κ1) is 16.4. The molecule has 128 valence electrons. The van der Waals surface area contributed by atoms with Gasteiger partial charge in [0.1, 0.15) is 0 Å². The van der Waals surface area contributed by atoms with Gasteiger partial charge in [-0.2, -0.15) is 16.3 Å². The van der Waals surface area contributed by atoms with Gasteiger partial charge in [0.05, 0.1) is 6.04 Å². The molecule has 0 aliphatic carbocycles. The lowest BCUT2D eigenvalue weighted by atomic mass is 10.0. The second-order valence-electron chi connectivity index (χ2n) is 5.82. The summed E-state index contributed by atoms with van der Waals surface area (Å²) in [5.41, 5.74) is 2.16. The van der Waals surface area contributed by atoms with Crippen LogP contribution >= 0.6 is 23.1 Å². The molecular formula is C18H17N3O2S2. The van der Waals surface area contributed by atoms with Crippen LogP contribution in [0.4, 0.5) is 0 Å². The van der Waals surface area contributed by atoms with Gasteiger partial charge >= 0.3 is 0 Å². The second-order valence-corrected chi connectivity index (χ2v) is 7.74. The van der Waals surface area contributed by atoms with Crippen molar-refractivity contribution in [2.24, 2.45) is 0 Å². The molecule has 3 aromatic rings. The highest BCUT2D eigenvalue weighted by Gasteiger charge is 2.22. The summed E-state index contributed by atoms with van der Waals surface area (Å²) in [7, 11) is 0. The summed E-state index contributed by atoms with van der Waals surface area (Å²) in [6, 6.07) is 10.3. The molecule has 5 nitrogen and oxygen atoms in total. The van der Waals surface area contributed by atoms with Gasteiger partial charge in [0.2, 0.25) is 17.6 Å². The average molecular weight is 371 g/mol. The van der Waals surface area contributed by atoms with Crippen molar-refractivity contribution in [3.8, 4) is 11.4 Å². The van der Waals surface area contributed by atoms with Crippen molar-refractivity contribution in [3.63, 3.8) is 0 Å². The molecule has 1 aromatic carbocycles. The van der Waals surface area contributed by atoms with E-state index in [0.717, 1.165) is 17.7 Å². The maximum Gasteiger partial charge on any atom is 0.227 e. The van der Waals surface area contributed by atoms with Crippen LogP contribution in [0.15, 0.2) is 50.5 Å². The normalized spacial score (nSPS) is 16.4. The van der Waals surface area contributed by atoms with Gasteiger partial charge < -0.3 is 9.84 Å². The predicted molar refractivity (Wildman–Crippen MR) is 98.6 cm³/mol. The number of nitrogens with one attached hydrogen (secondary N) is 1. The fourth-order valence-electron chi connectivity index (χ4n) is 2.84. The molecule has 1 N–H and O–H groups in total. The minimum absolute atomic E-state index is 0.0157. The van der Waals surface area contributed by atoms with Crippen molar-refractivity contribution in [1.29, 1.82) is 0 Å². The molecule has 1 amide bonds. The number of thiophene rings is 1. The van der Waals surface area contributed by atoms with Crippen molar-refractivity contribution >= 4 is 29.0 Å². The molecule has 1 aliphatic heterocycles. The Kier molecular flexibility index (Phi) is 4.85. The smallest absolute Gasteiger partial charge is 0.227 e. The predicted octanol–water partition coefficient (Wildman–Crippen LogP) is 4.08. The number of aryl methyl sites for hydroxylation is 1. The molecule has 2 aromatic heterocycles. The molecule has 0 bridgehead atoms. The summed E-state index contributed by atoms with van der Waals surface area (Å²) in [5.74, 6) is 2.11. The van der Waals surface area contributed by atoms with E-state index in [1.807, 2.05) is 40.7 Å². The molecular weight excluding hydrogens is 354 g/mol. The van der Waals surface area contributed by atoms with E-state index in [2.05, 4.69) is 27.6 Å². The van der Waals surface area contributed by atoms with Gasteiger partial charge in [-0.05, 0) is 29.5 Å². The largest absolute Gasteiger partial charge is 0.349 e. The quantitative estimate of drug-likeness (QED) is 0.732. The molecule has 0 radical (unpaired) electrons. The number of benzene rings is 1. The minimum Gasteiger partial charge on any atom is -0.349 e. The Labute approximate surface area is 153 Å². The lowest BCUT2D eigenvalue weighted by Crippen LogP contribution is -2.30. The van der Waals surface area contributed by atoms with Crippen LogP contribution in [0, 0.1) is 0 Å². The first-order chi connectivity index (χ1) is 12.3. The first-order valence-electron chi connectivity index (χ1n) is 8.16. The van der Waals surface area contributed by atoms with Crippen LogP contribution in [-0.4, -0.2) is 21.8 Å². The van der Waals surface area contributed by atoms with Gasteiger partial charge in [0.15, 0.2) is 0 Å². The first-order valence-corrected chi connectivity index (χ1v) is 10.1. The van der Waals surface area contributed by atoms with E-state index < -0.39 is 0 Å². The summed E-state index contributed by atoms with van der Waals surface area (Å²) in [5, 5.41) is 11.1. The fraction of sp³-hybridized carbons (Fsp3) is 0.278. The van der Waals surface area contributed by atoms with Crippen molar-refractivity contribution in [3.05, 3.63) is 52.5 Å². The lowest BCUT2D eigenvalue weighted by Gasteiger charge is -2.25. The van der Waals surface area contributed by atoms with Gasteiger partial charge in [0.25, 0.3) is 0 Å². The number of carbonyl (C=O) groups excluding carboxylic acids is 1. The van der Waals surface area contributed by atoms with Crippen LogP contribution in [-0.2, 0) is 11.2 Å². The number of amides is 1. The zero-order chi connectivity index (χ0) is 17.1. The third kappa shape index (κ3) is 3.77. The SMILES string of the molecule is O=C(CCc1nc(-c2ccsc2)no1)NC1CCSc2ccccc21. The summed E-state index contributed by atoms with van der Waals surface area (Å²) < 4.78 is 5.25. The summed E-state index contributed by atoms with van der Waals surface area (Å²) in [4.78, 5) is 17.9. The Hall–Kier alpha value is -2.12. The Morgan fingerprint density at radius 3 is 3.12 bits per heavy atom. The van der Waals surface area contributed by atoms with Crippen LogP contribution in [0.1, 0.15) is 30.3 Å². The highest BCUT2D eigenvalue weighted by Crippen LogP contribution is 2.35. The Morgan fingerprint density at radius 2 is 2.24 bits per heavy atom. The number of hydrogen-bond donors (Lipinski definition) is 1. The monoisotopic (exact) mass is 371 g/mol. The van der Waals surface area contributed by atoms with E-state index >= 15 is 0 Å². The number of aromatic nitrogens is 2. The number of rotatable bonds is 5. The van der Waals surface area contributed by atoms with Crippen LogP contribution in [0.2, 0.25) is 0 Å². The van der Waals surface area contributed by atoms with Crippen molar-refractivity contribution < 1.29 is 9.32 Å². The molecule has 1 atom stereocenters. The number of nitrogens with zero attached hydrogens (tertiary/aromatic N) is 2. The molecule has 0 spiro atoms. The van der Waals surface area contributed by atoms with Gasteiger partial charge in [-0.3, -0.25) is 4.79 Å². The highest BCUT2D eigenvalue weighted by atomic mass is 32.2. The van der Waals surface area contributed by atoms with Crippen LogP contribution in [0.25, 0.3) is 11.4 Å². The Balaban J connectivity index is 1.34. The maximum atomic E-state index is 12.3. The molecule has 7 heteroatoms. The van der Waals surface area contributed by atoms with E-state index in [1.165, 1.54) is 10.5 Å². The van der Waals surface area contributed by atoms with Crippen LogP contribution in [0.3, 0.4) is 0 Å². The van der Waals surface area contributed by atoms with E-state index in [9.17, 15) is 4.79 Å². The number of fused-ring (bicyclic) bond motifs is 1. The maximum absolute atomic E-state index is 12.3. The van der Waals surface area contributed by atoms with Crippen molar-refractivity contribution in [2.75, 3.05) is 5.75 Å². The van der Waals surface area contributed by atoms with Crippen LogP contribution < -0.4 is 5.32 Å². The minimum atomic E-state index is 0.0157. The molecule has 1 aliphatic rings. The van der Waals surface area contributed by atoms with Crippen molar-refractivity contribution in [1.82, 2.24) is 15.5 Å². The average Bonchev–Trinajstić information content (AvgIpc) is 3.32. The molecule has 25 heavy (non-hydrogen) atoms. The zero-order valence-corrected chi connectivity index (χ0v) is 15.1. The van der Waals surface area contributed by atoms with E-state index in [4.69, 9.17) is 4.52 Å². The fourth-order valence-corrected chi connectivity index (χ4v) is 4.60. The Bertz CT molecular complexity index is 861. The molecule has 4 rings (SSSR count).